The second-order valence-electron chi connectivity index (χ2n) is 7.37. The zero-order valence-corrected chi connectivity index (χ0v) is 17.8. The molecule has 6 heteroatoms. The lowest BCUT2D eigenvalue weighted by atomic mass is 9.86. The number of amides is 1. The molecule has 0 radical (unpaired) electrons. The van der Waals surface area contributed by atoms with Crippen LogP contribution in [-0.2, 0) is 6.42 Å². The van der Waals surface area contributed by atoms with Gasteiger partial charge in [-0.05, 0) is 60.0 Å². The van der Waals surface area contributed by atoms with Crippen molar-refractivity contribution in [1.29, 1.82) is 0 Å². The molecule has 1 amide bonds. The number of carbonyl (C=O) groups excluding carboxylic acids is 1. The van der Waals surface area contributed by atoms with Crippen molar-refractivity contribution in [3.63, 3.8) is 0 Å². The van der Waals surface area contributed by atoms with E-state index in [-0.39, 0.29) is 17.7 Å². The molecule has 0 spiro atoms. The van der Waals surface area contributed by atoms with Gasteiger partial charge in [-0.3, -0.25) is 4.79 Å². The first kappa shape index (κ1) is 20.6. The summed E-state index contributed by atoms with van der Waals surface area (Å²) in [5.41, 5.74) is 3.49. The molecule has 0 aromatic heterocycles. The number of fused-ring (bicyclic) bond motifs is 1. The number of rotatable bonds is 5. The van der Waals surface area contributed by atoms with Crippen molar-refractivity contribution in [1.82, 2.24) is 4.90 Å². The predicted octanol–water partition coefficient (Wildman–Crippen LogP) is 4.21. The van der Waals surface area contributed by atoms with Gasteiger partial charge >= 0.3 is 0 Å². The van der Waals surface area contributed by atoms with E-state index in [4.69, 9.17) is 14.2 Å². The van der Waals surface area contributed by atoms with Crippen molar-refractivity contribution in [2.75, 3.05) is 27.9 Å². The van der Waals surface area contributed by atoms with Crippen molar-refractivity contribution < 1.29 is 24.1 Å². The smallest absolute Gasteiger partial charge is 0.254 e. The maximum absolute atomic E-state index is 13.6. The molecule has 1 unspecified atom stereocenters. The predicted molar refractivity (Wildman–Crippen MR) is 117 cm³/mol. The first-order chi connectivity index (χ1) is 15.0. The third-order valence-electron chi connectivity index (χ3n) is 5.67. The lowest BCUT2D eigenvalue weighted by Crippen LogP contribution is -2.40. The zero-order valence-electron chi connectivity index (χ0n) is 17.8. The molecule has 31 heavy (non-hydrogen) atoms. The fourth-order valence-electron chi connectivity index (χ4n) is 4.11. The second kappa shape index (κ2) is 8.60. The highest BCUT2D eigenvalue weighted by atomic mass is 16.5. The maximum atomic E-state index is 13.6. The molecule has 1 atom stereocenters. The number of hydrogen-bond acceptors (Lipinski definition) is 5. The number of carbonyl (C=O) groups is 1. The maximum Gasteiger partial charge on any atom is 0.254 e. The number of aromatic hydroxyl groups is 1. The van der Waals surface area contributed by atoms with Crippen LogP contribution in [0.25, 0.3) is 0 Å². The van der Waals surface area contributed by atoms with E-state index in [0.717, 1.165) is 22.4 Å². The molecule has 0 bridgehead atoms. The number of nitrogens with zero attached hydrogens (tertiary/aromatic N) is 1. The fraction of sp³-hybridized carbons (Fsp3) is 0.240. The minimum absolute atomic E-state index is 0.0794. The van der Waals surface area contributed by atoms with E-state index < -0.39 is 0 Å². The number of hydrogen-bond donors (Lipinski definition) is 1. The summed E-state index contributed by atoms with van der Waals surface area (Å²) in [6, 6.07) is 17.5. The Labute approximate surface area is 181 Å². The Kier molecular flexibility index (Phi) is 5.71. The Bertz CT molecular complexity index is 1060. The highest BCUT2D eigenvalue weighted by Crippen LogP contribution is 2.43. The number of methoxy groups -OCH3 is 3. The van der Waals surface area contributed by atoms with Gasteiger partial charge in [0.05, 0.1) is 27.4 Å². The Balaban J connectivity index is 1.83. The van der Waals surface area contributed by atoms with Crippen LogP contribution in [0.4, 0.5) is 0 Å². The number of ether oxygens (including phenoxy) is 3. The molecule has 3 aromatic carbocycles. The molecule has 160 valence electrons. The molecule has 1 N–H and O–H groups in total. The van der Waals surface area contributed by atoms with Gasteiger partial charge in [0.25, 0.3) is 5.91 Å². The van der Waals surface area contributed by atoms with E-state index in [1.165, 1.54) is 0 Å². The molecule has 0 aliphatic carbocycles. The average Bonchev–Trinajstić information content (AvgIpc) is 2.82. The summed E-state index contributed by atoms with van der Waals surface area (Å²) in [5.74, 6) is 2.18. The lowest BCUT2D eigenvalue weighted by molar-refractivity contribution is 0.0692. The van der Waals surface area contributed by atoms with Crippen molar-refractivity contribution in [3.8, 4) is 23.0 Å². The summed E-state index contributed by atoms with van der Waals surface area (Å²) < 4.78 is 16.4. The highest BCUT2D eigenvalue weighted by Gasteiger charge is 2.35. The molecule has 0 saturated carbocycles. The van der Waals surface area contributed by atoms with E-state index >= 15 is 0 Å². The van der Waals surface area contributed by atoms with E-state index in [2.05, 4.69) is 0 Å². The van der Waals surface area contributed by atoms with Gasteiger partial charge in [-0.15, -0.1) is 0 Å². The summed E-state index contributed by atoms with van der Waals surface area (Å²) in [6.07, 6.45) is 0.680. The standard InChI is InChI=1S/C25H25NO5/c1-29-20-10-6-17(7-11-20)25(28)26-13-12-18-14-21(30-2)15-22(31-3)23(18)24(26)16-4-8-19(27)9-5-16/h4-11,14-15,24,27H,12-13H2,1-3H3. The fourth-order valence-corrected chi connectivity index (χ4v) is 4.11. The summed E-state index contributed by atoms with van der Waals surface area (Å²) in [6.45, 7) is 0.541. The van der Waals surface area contributed by atoms with Crippen LogP contribution in [0, 0.1) is 0 Å². The van der Waals surface area contributed by atoms with Crippen LogP contribution < -0.4 is 14.2 Å². The first-order valence-corrected chi connectivity index (χ1v) is 10.0. The Morgan fingerprint density at radius 1 is 0.903 bits per heavy atom. The monoisotopic (exact) mass is 419 g/mol. The lowest BCUT2D eigenvalue weighted by Gasteiger charge is -2.38. The van der Waals surface area contributed by atoms with Crippen LogP contribution in [0.1, 0.15) is 33.1 Å². The average molecular weight is 419 g/mol. The molecular formula is C25H25NO5. The first-order valence-electron chi connectivity index (χ1n) is 10.0. The number of phenols is 1. The zero-order chi connectivity index (χ0) is 22.0. The van der Waals surface area contributed by atoms with Gasteiger partial charge < -0.3 is 24.2 Å². The largest absolute Gasteiger partial charge is 0.508 e. The van der Waals surface area contributed by atoms with Crippen molar-refractivity contribution in [2.45, 2.75) is 12.5 Å². The molecule has 0 fully saturated rings. The molecule has 1 heterocycles. The summed E-state index contributed by atoms with van der Waals surface area (Å²) >= 11 is 0. The third-order valence-corrected chi connectivity index (χ3v) is 5.67. The van der Waals surface area contributed by atoms with Gasteiger partial charge in [-0.1, -0.05) is 12.1 Å². The highest BCUT2D eigenvalue weighted by molar-refractivity contribution is 5.95. The quantitative estimate of drug-likeness (QED) is 0.671. The van der Waals surface area contributed by atoms with Crippen molar-refractivity contribution >= 4 is 5.91 Å². The summed E-state index contributed by atoms with van der Waals surface area (Å²) in [5, 5.41) is 9.79. The van der Waals surface area contributed by atoms with E-state index in [1.54, 1.807) is 57.7 Å². The van der Waals surface area contributed by atoms with Gasteiger partial charge in [0.1, 0.15) is 23.0 Å². The molecule has 1 aliphatic rings. The summed E-state index contributed by atoms with van der Waals surface area (Å²) in [4.78, 5) is 15.4. The van der Waals surface area contributed by atoms with E-state index in [9.17, 15) is 9.90 Å². The number of phenolic OH excluding ortho intramolecular Hbond substituents is 1. The molecule has 0 saturated heterocycles. The van der Waals surface area contributed by atoms with Crippen LogP contribution in [0.2, 0.25) is 0 Å². The van der Waals surface area contributed by atoms with Gasteiger partial charge in [0.2, 0.25) is 0 Å². The molecule has 3 aromatic rings. The van der Waals surface area contributed by atoms with Crippen molar-refractivity contribution in [2.24, 2.45) is 0 Å². The van der Waals surface area contributed by atoms with E-state index in [1.807, 2.05) is 29.2 Å². The normalized spacial score (nSPS) is 15.2. The molecule has 4 rings (SSSR count). The SMILES string of the molecule is COc1ccc(C(=O)N2CCc3cc(OC)cc(OC)c3C2c2ccc(O)cc2)cc1. The number of benzene rings is 3. The van der Waals surface area contributed by atoms with Crippen LogP contribution in [0.3, 0.4) is 0 Å². The Morgan fingerprint density at radius 2 is 1.58 bits per heavy atom. The van der Waals surface area contributed by atoms with E-state index in [0.29, 0.717) is 30.0 Å². The topological polar surface area (TPSA) is 68.2 Å². The molecule has 1 aliphatic heterocycles. The molecular weight excluding hydrogens is 394 g/mol. The van der Waals surface area contributed by atoms with Gasteiger partial charge in [0, 0.05) is 23.7 Å². The summed E-state index contributed by atoms with van der Waals surface area (Å²) in [7, 11) is 4.84. The third kappa shape index (κ3) is 3.89. The Morgan fingerprint density at radius 3 is 2.19 bits per heavy atom. The minimum atomic E-state index is -0.361. The van der Waals surface area contributed by atoms with Crippen molar-refractivity contribution in [3.05, 3.63) is 82.9 Å². The molecule has 6 nitrogen and oxygen atoms in total. The van der Waals surface area contributed by atoms with Gasteiger partial charge in [-0.2, -0.15) is 0 Å². The van der Waals surface area contributed by atoms with Gasteiger partial charge in [0.15, 0.2) is 0 Å². The van der Waals surface area contributed by atoms with Crippen LogP contribution in [0.15, 0.2) is 60.7 Å². The minimum Gasteiger partial charge on any atom is -0.508 e. The van der Waals surface area contributed by atoms with Gasteiger partial charge in [-0.25, -0.2) is 0 Å². The van der Waals surface area contributed by atoms with Crippen LogP contribution in [0.5, 0.6) is 23.0 Å². The Hall–Kier alpha value is -3.67. The van der Waals surface area contributed by atoms with Crippen LogP contribution in [-0.4, -0.2) is 43.8 Å². The van der Waals surface area contributed by atoms with Crippen LogP contribution >= 0.6 is 0 Å². The second-order valence-corrected chi connectivity index (χ2v) is 7.37.